The number of fused-ring (bicyclic) bond motifs is 1. The normalized spacial score (nSPS) is 21.1. The topological polar surface area (TPSA) is 71.8 Å². The summed E-state index contributed by atoms with van der Waals surface area (Å²) in [7, 11) is 0. The van der Waals surface area contributed by atoms with Gasteiger partial charge in [0.1, 0.15) is 0 Å². The van der Waals surface area contributed by atoms with E-state index in [1.165, 1.54) is 0 Å². The first-order valence-corrected chi connectivity index (χ1v) is 14.1. The Morgan fingerprint density at radius 2 is 1.82 bits per heavy atom. The number of aromatic nitrogens is 1. The second-order valence-corrected chi connectivity index (χ2v) is 10.4. The van der Waals surface area contributed by atoms with E-state index in [9.17, 15) is 14.7 Å². The number of aryl methyl sites for hydroxylation is 1. The molecule has 2 aliphatic rings. The highest BCUT2D eigenvalue weighted by Gasteiger charge is 2.28. The number of nitrogens with zero attached hydrogens (tertiary/aromatic N) is 2. The molecule has 38 heavy (non-hydrogen) atoms. The third kappa shape index (κ3) is 5.47. The molecule has 2 atom stereocenters. The number of anilines is 1. The molecule has 200 valence electrons. The van der Waals surface area contributed by atoms with E-state index >= 15 is 0 Å². The molecule has 5 rings (SSSR count). The van der Waals surface area contributed by atoms with Crippen LogP contribution in [-0.4, -0.2) is 35.4 Å². The fourth-order valence-corrected chi connectivity index (χ4v) is 6.03. The summed E-state index contributed by atoms with van der Waals surface area (Å²) in [6.45, 7) is 4.17. The van der Waals surface area contributed by atoms with Crippen LogP contribution in [0.5, 0.6) is 0 Å². The van der Waals surface area contributed by atoms with Crippen molar-refractivity contribution in [2.24, 2.45) is 5.92 Å². The summed E-state index contributed by atoms with van der Waals surface area (Å²) >= 11 is 0. The first kappa shape index (κ1) is 26.4. The quantitative estimate of drug-likeness (QED) is 0.447. The number of hydrogen-bond acceptors (Lipinski definition) is 4. The zero-order chi connectivity index (χ0) is 26.5. The molecular formula is C32H38N2O4. The largest absolute Gasteiger partial charge is 0.396 e. The first-order valence-electron chi connectivity index (χ1n) is 14.1. The molecular weight excluding hydrogens is 476 g/mol. The van der Waals surface area contributed by atoms with Crippen LogP contribution in [0.1, 0.15) is 68.9 Å². The third-order valence-electron chi connectivity index (χ3n) is 8.03. The van der Waals surface area contributed by atoms with Crippen LogP contribution in [0, 0.1) is 5.92 Å². The average Bonchev–Trinajstić information content (AvgIpc) is 3.07. The molecule has 0 bridgehead atoms. The van der Waals surface area contributed by atoms with Gasteiger partial charge in [-0.25, -0.2) is 0 Å². The van der Waals surface area contributed by atoms with E-state index in [0.717, 1.165) is 65.7 Å². The monoisotopic (exact) mass is 514 g/mol. The van der Waals surface area contributed by atoms with E-state index in [1.807, 2.05) is 64.9 Å². The Kier molecular flexibility index (Phi) is 8.40. The number of pyridine rings is 1. The maximum Gasteiger partial charge on any atom is 0.251 e. The summed E-state index contributed by atoms with van der Waals surface area (Å²) in [4.78, 5) is 28.7. The van der Waals surface area contributed by atoms with Crippen LogP contribution in [0.3, 0.4) is 0 Å². The Bertz CT molecular complexity index is 1350. The molecule has 0 aliphatic carbocycles. The summed E-state index contributed by atoms with van der Waals surface area (Å²) in [6.07, 6.45) is 7.93. The number of amides is 1. The van der Waals surface area contributed by atoms with Crippen LogP contribution in [0.15, 0.2) is 65.5 Å². The van der Waals surface area contributed by atoms with Crippen molar-refractivity contribution >= 4 is 28.2 Å². The van der Waals surface area contributed by atoms with Gasteiger partial charge in [0.25, 0.3) is 5.56 Å². The van der Waals surface area contributed by atoms with E-state index in [-0.39, 0.29) is 29.9 Å². The van der Waals surface area contributed by atoms with Crippen molar-refractivity contribution in [3.05, 3.63) is 82.2 Å². The van der Waals surface area contributed by atoms with Crippen LogP contribution >= 0.6 is 0 Å². The summed E-state index contributed by atoms with van der Waals surface area (Å²) in [5.74, 6) is 0.412. The molecule has 1 amide bonds. The minimum atomic E-state index is 0.0216. The smallest absolute Gasteiger partial charge is 0.251 e. The fraction of sp³-hybridized carbons (Fsp3) is 0.438. The molecule has 6 nitrogen and oxygen atoms in total. The maximum atomic E-state index is 13.7. The molecule has 1 fully saturated rings. The van der Waals surface area contributed by atoms with Gasteiger partial charge >= 0.3 is 0 Å². The molecule has 0 radical (unpaired) electrons. The Labute approximate surface area is 224 Å². The first-order chi connectivity index (χ1) is 18.6. The number of aliphatic hydroxyl groups excluding tert-OH is 1. The zero-order valence-electron chi connectivity index (χ0n) is 22.3. The molecule has 3 aromatic rings. The van der Waals surface area contributed by atoms with Crippen molar-refractivity contribution in [3.8, 4) is 0 Å². The van der Waals surface area contributed by atoms with Gasteiger partial charge in [-0.2, -0.15) is 0 Å². The molecule has 3 heterocycles. The number of carbonyl (C=O) groups excluding carboxylic acids is 1. The highest BCUT2D eigenvalue weighted by molar-refractivity contribution is 6.07. The predicted molar refractivity (Wildman–Crippen MR) is 152 cm³/mol. The number of aliphatic hydroxyl groups is 1. The molecule has 2 aliphatic heterocycles. The lowest BCUT2D eigenvalue weighted by Gasteiger charge is -2.27. The number of ether oxygens (including phenoxy) is 1. The van der Waals surface area contributed by atoms with Crippen molar-refractivity contribution in [3.63, 3.8) is 0 Å². The van der Waals surface area contributed by atoms with E-state index in [0.29, 0.717) is 32.4 Å². The van der Waals surface area contributed by atoms with Crippen molar-refractivity contribution in [1.29, 1.82) is 0 Å². The standard InChI is InChI=1S/C32H38N2O4/c1-2-33-29-13-12-26(21-28(29)27(22-32(33)37)24-8-6-7-18-38-19-16-24)34-30(25-9-4-3-5-10-25)20-23(15-17-35)11-14-31(34)36/h3-5,9-10,12-13,20-24,35H,2,6-8,11,14-19H2,1H3. The van der Waals surface area contributed by atoms with Crippen molar-refractivity contribution < 1.29 is 14.6 Å². The lowest BCUT2D eigenvalue weighted by atomic mass is 9.88. The summed E-state index contributed by atoms with van der Waals surface area (Å²) in [5.41, 5.74) is 4.64. The molecule has 2 aromatic carbocycles. The van der Waals surface area contributed by atoms with Gasteiger partial charge < -0.3 is 14.4 Å². The van der Waals surface area contributed by atoms with Gasteiger partial charge in [-0.1, -0.05) is 42.8 Å². The van der Waals surface area contributed by atoms with Crippen LogP contribution in [0.2, 0.25) is 0 Å². The maximum absolute atomic E-state index is 13.7. The van der Waals surface area contributed by atoms with Gasteiger partial charge in [0.15, 0.2) is 0 Å². The predicted octanol–water partition coefficient (Wildman–Crippen LogP) is 5.86. The zero-order valence-corrected chi connectivity index (χ0v) is 22.3. The van der Waals surface area contributed by atoms with Crippen molar-refractivity contribution in [1.82, 2.24) is 4.57 Å². The van der Waals surface area contributed by atoms with Gasteiger partial charge in [0.05, 0.1) is 11.2 Å². The van der Waals surface area contributed by atoms with E-state index in [1.54, 1.807) is 0 Å². The Balaban J connectivity index is 1.68. The summed E-state index contributed by atoms with van der Waals surface area (Å²) in [5, 5.41) is 10.7. The number of benzene rings is 2. The summed E-state index contributed by atoms with van der Waals surface area (Å²) < 4.78 is 7.61. The average molecular weight is 515 g/mol. The van der Waals surface area contributed by atoms with Crippen LogP contribution in [0.25, 0.3) is 16.6 Å². The Morgan fingerprint density at radius 3 is 2.61 bits per heavy atom. The van der Waals surface area contributed by atoms with Gasteiger partial charge in [-0.3, -0.25) is 14.5 Å². The second kappa shape index (κ2) is 12.1. The molecule has 0 spiro atoms. The van der Waals surface area contributed by atoms with E-state index in [4.69, 9.17) is 4.74 Å². The van der Waals surface area contributed by atoms with Crippen LogP contribution in [-0.2, 0) is 16.1 Å². The van der Waals surface area contributed by atoms with Crippen molar-refractivity contribution in [2.45, 2.75) is 64.3 Å². The van der Waals surface area contributed by atoms with E-state index in [2.05, 4.69) is 12.1 Å². The fourth-order valence-electron chi connectivity index (χ4n) is 6.03. The van der Waals surface area contributed by atoms with Gasteiger partial charge in [0.2, 0.25) is 5.91 Å². The van der Waals surface area contributed by atoms with E-state index < -0.39 is 0 Å². The number of allylic oxidation sites excluding steroid dienone is 1. The summed E-state index contributed by atoms with van der Waals surface area (Å²) in [6, 6.07) is 17.9. The third-order valence-corrected chi connectivity index (χ3v) is 8.03. The van der Waals surface area contributed by atoms with Crippen LogP contribution < -0.4 is 10.5 Å². The minimum absolute atomic E-state index is 0.0216. The van der Waals surface area contributed by atoms with Crippen molar-refractivity contribution in [2.75, 3.05) is 24.7 Å². The van der Waals surface area contributed by atoms with Gasteiger partial charge in [-0.05, 0) is 80.2 Å². The second-order valence-electron chi connectivity index (χ2n) is 10.4. The minimum Gasteiger partial charge on any atom is -0.396 e. The van der Waals surface area contributed by atoms with Gasteiger partial charge in [-0.15, -0.1) is 0 Å². The number of rotatable bonds is 6. The Hall–Kier alpha value is -3.22. The SMILES string of the molecule is CCn1c(=O)cc(C2CCCCOCC2)c2cc(N3C(=O)CCC(CCO)C=C3c3ccccc3)ccc21. The Morgan fingerprint density at radius 1 is 0.974 bits per heavy atom. The lowest BCUT2D eigenvalue weighted by molar-refractivity contribution is -0.118. The number of carbonyl (C=O) groups is 1. The molecule has 1 saturated heterocycles. The molecule has 0 saturated carbocycles. The molecule has 1 N–H and O–H groups in total. The van der Waals surface area contributed by atoms with Gasteiger partial charge in [0, 0.05) is 49.9 Å². The lowest BCUT2D eigenvalue weighted by Crippen LogP contribution is -2.28. The number of hydrogen-bond donors (Lipinski definition) is 1. The molecule has 6 heteroatoms. The molecule has 2 unspecified atom stereocenters. The molecule has 1 aromatic heterocycles. The van der Waals surface area contributed by atoms with Crippen LogP contribution in [0.4, 0.5) is 5.69 Å². The highest BCUT2D eigenvalue weighted by atomic mass is 16.5. The highest BCUT2D eigenvalue weighted by Crippen LogP contribution is 2.37.